The molecule has 3 amide bonds. The number of hydrogen-bond donors (Lipinski definition) is 3. The number of aromatic nitrogens is 4. The molecule has 1 atom stereocenters. The Kier molecular flexibility index (Phi) is 9.60. The highest BCUT2D eigenvalue weighted by Crippen LogP contribution is 2.35. The van der Waals surface area contributed by atoms with Crippen LogP contribution in [0.4, 0.5) is 20.6 Å². The summed E-state index contributed by atoms with van der Waals surface area (Å²) in [6.45, 7) is 0. The Morgan fingerprint density at radius 2 is 1.98 bits per heavy atom. The first-order chi connectivity index (χ1) is 21.3. The summed E-state index contributed by atoms with van der Waals surface area (Å²) in [5, 5.41) is 20.2. The predicted octanol–water partition coefficient (Wildman–Crippen LogP) is 6.07. The van der Waals surface area contributed by atoms with E-state index in [1.54, 1.807) is 54.6 Å². The van der Waals surface area contributed by atoms with Crippen LogP contribution in [0.25, 0.3) is 22.9 Å². The van der Waals surface area contributed by atoms with Crippen molar-refractivity contribution in [2.45, 2.75) is 38.1 Å². The number of rotatable bonds is 5. The Labute approximate surface area is 257 Å². The van der Waals surface area contributed by atoms with Crippen LogP contribution in [0.15, 0.2) is 67.0 Å². The van der Waals surface area contributed by atoms with Gasteiger partial charge in [0.25, 0.3) is 0 Å². The van der Waals surface area contributed by atoms with Crippen LogP contribution < -0.4 is 16.0 Å². The molecular formula is C31H29ClFN7O4. The zero-order valence-electron chi connectivity index (χ0n) is 23.7. The van der Waals surface area contributed by atoms with Gasteiger partial charge < -0.3 is 15.4 Å². The number of tetrazole rings is 1. The molecule has 44 heavy (non-hydrogen) atoms. The van der Waals surface area contributed by atoms with Gasteiger partial charge in [-0.15, -0.1) is 5.10 Å². The number of nitrogens with one attached hydrogen (secondary N) is 3. The highest BCUT2D eigenvalue weighted by atomic mass is 35.5. The molecule has 0 spiro atoms. The molecule has 0 saturated heterocycles. The summed E-state index contributed by atoms with van der Waals surface area (Å²) < 4.78 is 21.5. The fraction of sp³-hybridized carbons (Fsp3) is 0.226. The van der Waals surface area contributed by atoms with Crippen molar-refractivity contribution in [3.63, 3.8) is 0 Å². The predicted molar refractivity (Wildman–Crippen MR) is 164 cm³/mol. The molecule has 0 radical (unpaired) electrons. The van der Waals surface area contributed by atoms with E-state index in [2.05, 4.69) is 36.2 Å². The quantitative estimate of drug-likeness (QED) is 0.231. The van der Waals surface area contributed by atoms with Gasteiger partial charge in [-0.25, -0.2) is 9.18 Å². The minimum atomic E-state index is -0.653. The van der Waals surface area contributed by atoms with E-state index in [1.807, 2.05) is 0 Å². The SMILES string of the molecule is COC(=O)Nc1ccc2c(c1)NC(=O)CCCCCC(NC(=O)/C=C/c1cc(Cl)ccc1-n1cnnn1)c1cc-2ccc1F. The minimum absolute atomic E-state index is 0.180. The van der Waals surface area contributed by atoms with Crippen molar-refractivity contribution in [2.75, 3.05) is 17.7 Å². The van der Waals surface area contributed by atoms with Crippen molar-refractivity contribution in [3.8, 4) is 16.8 Å². The van der Waals surface area contributed by atoms with Gasteiger partial charge in [-0.1, -0.05) is 36.6 Å². The molecule has 11 nitrogen and oxygen atoms in total. The Morgan fingerprint density at radius 3 is 2.77 bits per heavy atom. The van der Waals surface area contributed by atoms with Crippen molar-refractivity contribution >= 4 is 47.0 Å². The van der Waals surface area contributed by atoms with Gasteiger partial charge in [0.2, 0.25) is 11.8 Å². The van der Waals surface area contributed by atoms with E-state index in [0.29, 0.717) is 70.0 Å². The highest BCUT2D eigenvalue weighted by molar-refractivity contribution is 6.30. The molecule has 1 unspecified atom stereocenters. The van der Waals surface area contributed by atoms with E-state index in [-0.39, 0.29) is 12.3 Å². The number of ether oxygens (including phenoxy) is 1. The van der Waals surface area contributed by atoms with E-state index in [1.165, 1.54) is 30.3 Å². The highest BCUT2D eigenvalue weighted by Gasteiger charge is 2.21. The van der Waals surface area contributed by atoms with E-state index >= 15 is 4.39 Å². The number of benzene rings is 3. The maximum atomic E-state index is 15.4. The van der Waals surface area contributed by atoms with Crippen LogP contribution in [-0.2, 0) is 14.3 Å². The molecule has 0 aliphatic carbocycles. The van der Waals surface area contributed by atoms with E-state index in [4.69, 9.17) is 11.6 Å². The van der Waals surface area contributed by atoms with Crippen LogP contribution in [-0.4, -0.2) is 45.2 Å². The molecular weight excluding hydrogens is 589 g/mol. The second-order valence-corrected chi connectivity index (χ2v) is 10.5. The largest absolute Gasteiger partial charge is 0.453 e. The Hall–Kier alpha value is -5.10. The lowest BCUT2D eigenvalue weighted by Crippen LogP contribution is -2.27. The average molecular weight is 618 g/mol. The Bertz CT molecular complexity index is 1710. The first-order valence-corrected chi connectivity index (χ1v) is 14.3. The molecule has 4 aromatic rings. The number of carbonyl (C=O) groups excluding carboxylic acids is 3. The average Bonchev–Trinajstić information content (AvgIpc) is 3.54. The van der Waals surface area contributed by atoms with Crippen molar-refractivity contribution in [1.82, 2.24) is 25.5 Å². The number of carbonyl (C=O) groups is 3. The third kappa shape index (κ3) is 7.45. The molecule has 226 valence electrons. The molecule has 3 aromatic carbocycles. The van der Waals surface area contributed by atoms with Crippen LogP contribution in [0.3, 0.4) is 0 Å². The second kappa shape index (κ2) is 13.9. The van der Waals surface area contributed by atoms with Crippen LogP contribution >= 0.6 is 11.6 Å². The molecule has 13 heteroatoms. The van der Waals surface area contributed by atoms with Crippen molar-refractivity contribution in [3.05, 3.63) is 89.0 Å². The third-order valence-electron chi connectivity index (χ3n) is 7.12. The minimum Gasteiger partial charge on any atom is -0.453 e. The Balaban J connectivity index is 1.45. The lowest BCUT2D eigenvalue weighted by atomic mass is 9.94. The first kappa shape index (κ1) is 30.4. The summed E-state index contributed by atoms with van der Waals surface area (Å²) in [4.78, 5) is 37.7. The monoisotopic (exact) mass is 617 g/mol. The van der Waals surface area contributed by atoms with E-state index < -0.39 is 23.9 Å². The fourth-order valence-corrected chi connectivity index (χ4v) is 5.16. The smallest absolute Gasteiger partial charge is 0.411 e. The number of fused-ring (bicyclic) bond motifs is 4. The van der Waals surface area contributed by atoms with Crippen molar-refractivity contribution in [2.24, 2.45) is 0 Å². The van der Waals surface area contributed by atoms with Gasteiger partial charge in [0.15, 0.2) is 0 Å². The number of methoxy groups -OCH3 is 1. The summed E-state index contributed by atoms with van der Waals surface area (Å²) in [6, 6.07) is 14.1. The molecule has 1 aromatic heterocycles. The summed E-state index contributed by atoms with van der Waals surface area (Å²) in [6.07, 6.45) is 6.44. The lowest BCUT2D eigenvalue weighted by molar-refractivity contribution is -0.117. The molecule has 0 fully saturated rings. The van der Waals surface area contributed by atoms with Crippen molar-refractivity contribution in [1.29, 1.82) is 0 Å². The fourth-order valence-electron chi connectivity index (χ4n) is 4.98. The van der Waals surface area contributed by atoms with Gasteiger partial charge in [-0.2, -0.15) is 4.68 Å². The van der Waals surface area contributed by atoms with Gasteiger partial charge in [-0.05, 0) is 77.4 Å². The summed E-state index contributed by atoms with van der Waals surface area (Å²) in [5.41, 5.74) is 3.66. The summed E-state index contributed by atoms with van der Waals surface area (Å²) in [5.74, 6) is -1.08. The van der Waals surface area contributed by atoms with E-state index in [0.717, 1.165) is 0 Å². The van der Waals surface area contributed by atoms with Gasteiger partial charge in [0.1, 0.15) is 12.1 Å². The number of nitrogens with zero attached hydrogens (tertiary/aromatic N) is 4. The van der Waals surface area contributed by atoms with Crippen molar-refractivity contribution < 1.29 is 23.5 Å². The molecule has 2 heterocycles. The molecule has 1 aliphatic heterocycles. The van der Waals surface area contributed by atoms with Gasteiger partial charge in [0.05, 0.1) is 24.5 Å². The maximum Gasteiger partial charge on any atom is 0.411 e. The van der Waals surface area contributed by atoms with Gasteiger partial charge in [-0.3, -0.25) is 14.9 Å². The number of hydrogen-bond acceptors (Lipinski definition) is 7. The van der Waals surface area contributed by atoms with Gasteiger partial charge in [0, 0.05) is 39.9 Å². The summed E-state index contributed by atoms with van der Waals surface area (Å²) in [7, 11) is 1.25. The Morgan fingerprint density at radius 1 is 1.11 bits per heavy atom. The first-order valence-electron chi connectivity index (χ1n) is 13.9. The molecule has 2 bridgehead atoms. The number of halogens is 2. The van der Waals surface area contributed by atoms with Crippen LogP contribution in [0, 0.1) is 5.82 Å². The molecule has 3 N–H and O–H groups in total. The molecule has 0 saturated carbocycles. The van der Waals surface area contributed by atoms with E-state index in [9.17, 15) is 14.4 Å². The van der Waals surface area contributed by atoms with Crippen LogP contribution in [0.2, 0.25) is 5.02 Å². The normalized spacial score (nSPS) is 15.2. The maximum absolute atomic E-state index is 15.4. The molecule has 5 rings (SSSR count). The molecule has 1 aliphatic rings. The number of amides is 3. The standard InChI is InChI=1S/C31H29ClFN7O4/c1-44-31(43)35-22-10-11-23-19-7-12-25(33)24(16-19)26(5-3-2-4-6-29(41)37-27(23)17-22)36-30(42)14-8-20-15-21(32)9-13-28(20)40-18-34-38-39-40/h7-18,26H,2-6H2,1H3,(H,35,43)(H,36,42)(H,37,41)/b14-8+. The van der Waals surface area contributed by atoms with Crippen LogP contribution in [0.1, 0.15) is 49.3 Å². The topological polar surface area (TPSA) is 140 Å². The second-order valence-electron chi connectivity index (χ2n) is 10.1. The third-order valence-corrected chi connectivity index (χ3v) is 7.36. The lowest BCUT2D eigenvalue weighted by Gasteiger charge is -2.20. The van der Waals surface area contributed by atoms with Gasteiger partial charge >= 0.3 is 6.09 Å². The zero-order chi connectivity index (χ0) is 31.1. The number of anilines is 2. The summed E-state index contributed by atoms with van der Waals surface area (Å²) >= 11 is 6.20. The zero-order valence-corrected chi connectivity index (χ0v) is 24.5. The van der Waals surface area contributed by atoms with Crippen LogP contribution in [0.5, 0.6) is 0 Å².